The Bertz CT molecular complexity index is 464. The number of nitrogens with zero attached hydrogens (tertiary/aromatic N) is 1. The van der Waals surface area contributed by atoms with E-state index in [0.29, 0.717) is 0 Å². The first-order chi connectivity index (χ1) is 9.63. The molecule has 1 aliphatic carbocycles. The topological polar surface area (TPSA) is 15.3 Å². The third kappa shape index (κ3) is 3.17. The molecule has 0 bridgehead atoms. The van der Waals surface area contributed by atoms with E-state index >= 15 is 0 Å². The SMILES string of the molecule is Cc1cc(N2CCC(C)C(C)C2)ccc1CNC1CC1. The molecule has 0 amide bonds. The molecule has 1 aromatic rings. The molecule has 3 rings (SSSR count). The summed E-state index contributed by atoms with van der Waals surface area (Å²) < 4.78 is 0. The molecular weight excluding hydrogens is 244 g/mol. The Balaban J connectivity index is 1.66. The number of hydrogen-bond acceptors (Lipinski definition) is 2. The van der Waals surface area contributed by atoms with Crippen LogP contribution in [-0.4, -0.2) is 19.1 Å². The number of rotatable bonds is 4. The third-order valence-corrected chi connectivity index (χ3v) is 5.18. The Hall–Kier alpha value is -1.02. The normalized spacial score (nSPS) is 26.9. The maximum atomic E-state index is 3.61. The Kier molecular flexibility index (Phi) is 4.02. The highest BCUT2D eigenvalue weighted by atomic mass is 15.1. The Labute approximate surface area is 123 Å². The monoisotopic (exact) mass is 272 g/mol. The summed E-state index contributed by atoms with van der Waals surface area (Å²) in [5.74, 6) is 1.68. The van der Waals surface area contributed by atoms with Gasteiger partial charge in [-0.2, -0.15) is 0 Å². The zero-order chi connectivity index (χ0) is 14.1. The van der Waals surface area contributed by atoms with E-state index in [0.717, 1.165) is 24.4 Å². The van der Waals surface area contributed by atoms with Crippen LogP contribution in [0.3, 0.4) is 0 Å². The minimum atomic E-state index is 0.790. The molecule has 1 N–H and O–H groups in total. The van der Waals surface area contributed by atoms with Crippen molar-refractivity contribution >= 4 is 5.69 Å². The van der Waals surface area contributed by atoms with Crippen LogP contribution >= 0.6 is 0 Å². The van der Waals surface area contributed by atoms with Crippen molar-refractivity contribution in [3.05, 3.63) is 29.3 Å². The standard InChI is InChI=1S/C18H28N2/c1-13-8-9-20(12-15(13)3)18-7-4-16(14(2)10-18)11-19-17-5-6-17/h4,7,10,13,15,17,19H,5-6,8-9,11-12H2,1-3H3. The molecule has 0 aromatic heterocycles. The molecule has 1 heterocycles. The van der Waals surface area contributed by atoms with Gasteiger partial charge in [-0.1, -0.05) is 19.9 Å². The zero-order valence-electron chi connectivity index (χ0n) is 13.2. The number of aryl methyl sites for hydroxylation is 1. The second-order valence-corrected chi connectivity index (χ2v) is 6.96. The summed E-state index contributed by atoms with van der Waals surface area (Å²) >= 11 is 0. The lowest BCUT2D eigenvalue weighted by molar-refractivity contribution is 0.324. The summed E-state index contributed by atoms with van der Waals surface area (Å²) in [6.07, 6.45) is 4.05. The summed E-state index contributed by atoms with van der Waals surface area (Å²) in [5.41, 5.74) is 4.30. The fraction of sp³-hybridized carbons (Fsp3) is 0.667. The van der Waals surface area contributed by atoms with Gasteiger partial charge in [-0.05, 0) is 61.3 Å². The lowest BCUT2D eigenvalue weighted by Crippen LogP contribution is -2.38. The second-order valence-electron chi connectivity index (χ2n) is 6.96. The van der Waals surface area contributed by atoms with Gasteiger partial charge >= 0.3 is 0 Å². The third-order valence-electron chi connectivity index (χ3n) is 5.18. The van der Waals surface area contributed by atoms with Crippen LogP contribution in [0.15, 0.2) is 18.2 Å². The van der Waals surface area contributed by atoms with Gasteiger partial charge < -0.3 is 10.2 Å². The first-order valence-electron chi connectivity index (χ1n) is 8.21. The van der Waals surface area contributed by atoms with Gasteiger partial charge in [0.2, 0.25) is 0 Å². The number of piperidine rings is 1. The maximum Gasteiger partial charge on any atom is 0.0369 e. The molecule has 1 aliphatic heterocycles. The van der Waals surface area contributed by atoms with Gasteiger partial charge in [-0.3, -0.25) is 0 Å². The van der Waals surface area contributed by atoms with Crippen LogP contribution in [0.5, 0.6) is 0 Å². The molecule has 2 heteroatoms. The number of benzene rings is 1. The van der Waals surface area contributed by atoms with E-state index in [1.165, 1.54) is 49.2 Å². The van der Waals surface area contributed by atoms with E-state index in [1.54, 1.807) is 0 Å². The van der Waals surface area contributed by atoms with Crippen LogP contribution < -0.4 is 10.2 Å². The molecule has 2 aliphatic rings. The van der Waals surface area contributed by atoms with Crippen LogP contribution in [0, 0.1) is 18.8 Å². The van der Waals surface area contributed by atoms with Crippen molar-refractivity contribution in [2.24, 2.45) is 11.8 Å². The van der Waals surface area contributed by atoms with E-state index < -0.39 is 0 Å². The van der Waals surface area contributed by atoms with Gasteiger partial charge in [0.1, 0.15) is 0 Å². The van der Waals surface area contributed by atoms with Gasteiger partial charge in [-0.15, -0.1) is 0 Å². The Morgan fingerprint density at radius 1 is 1.15 bits per heavy atom. The fourth-order valence-electron chi connectivity index (χ4n) is 3.11. The summed E-state index contributed by atoms with van der Waals surface area (Å²) in [6.45, 7) is 10.5. The van der Waals surface area contributed by atoms with E-state index in [-0.39, 0.29) is 0 Å². The van der Waals surface area contributed by atoms with Gasteiger partial charge in [0.05, 0.1) is 0 Å². The molecule has 1 saturated heterocycles. The van der Waals surface area contributed by atoms with Crippen molar-refractivity contribution in [3.63, 3.8) is 0 Å². The first-order valence-corrected chi connectivity index (χ1v) is 8.21. The molecule has 1 saturated carbocycles. The summed E-state index contributed by atoms with van der Waals surface area (Å²) in [6, 6.07) is 7.81. The van der Waals surface area contributed by atoms with Crippen LogP contribution in [0.25, 0.3) is 0 Å². The van der Waals surface area contributed by atoms with E-state index in [9.17, 15) is 0 Å². The number of anilines is 1. The summed E-state index contributed by atoms with van der Waals surface area (Å²) in [7, 11) is 0. The lowest BCUT2D eigenvalue weighted by Gasteiger charge is -2.37. The minimum Gasteiger partial charge on any atom is -0.371 e. The van der Waals surface area contributed by atoms with Gasteiger partial charge in [0, 0.05) is 31.4 Å². The molecule has 0 spiro atoms. The molecule has 2 nitrogen and oxygen atoms in total. The highest BCUT2D eigenvalue weighted by Gasteiger charge is 2.23. The van der Waals surface area contributed by atoms with Crippen LogP contribution in [-0.2, 0) is 6.54 Å². The maximum absolute atomic E-state index is 3.61. The van der Waals surface area contributed by atoms with Crippen molar-refractivity contribution < 1.29 is 0 Å². The largest absolute Gasteiger partial charge is 0.371 e. The average Bonchev–Trinajstić information content (AvgIpc) is 3.24. The molecule has 2 fully saturated rings. The molecular formula is C18H28N2. The van der Waals surface area contributed by atoms with Crippen molar-refractivity contribution in [2.45, 2.75) is 52.6 Å². The highest BCUT2D eigenvalue weighted by molar-refractivity contribution is 5.51. The van der Waals surface area contributed by atoms with Gasteiger partial charge in [0.25, 0.3) is 0 Å². The van der Waals surface area contributed by atoms with Crippen molar-refractivity contribution in [3.8, 4) is 0 Å². The van der Waals surface area contributed by atoms with Crippen LogP contribution in [0.4, 0.5) is 5.69 Å². The molecule has 20 heavy (non-hydrogen) atoms. The summed E-state index contributed by atoms with van der Waals surface area (Å²) in [5, 5.41) is 3.61. The van der Waals surface area contributed by atoms with Crippen molar-refractivity contribution in [1.29, 1.82) is 0 Å². The smallest absolute Gasteiger partial charge is 0.0369 e. The molecule has 2 atom stereocenters. The molecule has 1 aromatic carbocycles. The average molecular weight is 272 g/mol. The van der Waals surface area contributed by atoms with Crippen molar-refractivity contribution in [1.82, 2.24) is 5.32 Å². The molecule has 110 valence electrons. The Morgan fingerprint density at radius 3 is 2.60 bits per heavy atom. The van der Waals surface area contributed by atoms with Crippen molar-refractivity contribution in [2.75, 3.05) is 18.0 Å². The minimum absolute atomic E-state index is 0.790. The van der Waals surface area contributed by atoms with Crippen LogP contribution in [0.1, 0.15) is 44.2 Å². The summed E-state index contributed by atoms with van der Waals surface area (Å²) in [4.78, 5) is 2.57. The number of nitrogens with one attached hydrogen (secondary N) is 1. The second kappa shape index (κ2) is 5.77. The quantitative estimate of drug-likeness (QED) is 0.898. The molecule has 2 unspecified atom stereocenters. The molecule has 0 radical (unpaired) electrons. The fourth-order valence-corrected chi connectivity index (χ4v) is 3.11. The van der Waals surface area contributed by atoms with Crippen LogP contribution in [0.2, 0.25) is 0 Å². The number of hydrogen-bond donors (Lipinski definition) is 1. The highest BCUT2D eigenvalue weighted by Crippen LogP contribution is 2.28. The predicted octanol–water partition coefficient (Wildman–Crippen LogP) is 3.73. The lowest BCUT2D eigenvalue weighted by atomic mass is 9.88. The van der Waals surface area contributed by atoms with Gasteiger partial charge in [-0.25, -0.2) is 0 Å². The van der Waals surface area contributed by atoms with E-state index in [4.69, 9.17) is 0 Å². The first kappa shape index (κ1) is 13.9. The predicted molar refractivity (Wildman–Crippen MR) is 86.2 cm³/mol. The van der Waals surface area contributed by atoms with Gasteiger partial charge in [0.15, 0.2) is 0 Å². The Morgan fingerprint density at radius 2 is 1.95 bits per heavy atom. The van der Waals surface area contributed by atoms with E-state index in [2.05, 4.69) is 49.2 Å². The zero-order valence-corrected chi connectivity index (χ0v) is 13.2. The van der Waals surface area contributed by atoms with E-state index in [1.807, 2.05) is 0 Å².